The molecule has 14 heteroatoms. The molecule has 1 atom stereocenters. The molecule has 0 saturated heterocycles. The number of aliphatic imine (C=N–C) groups is 1. The first-order valence-electron chi connectivity index (χ1n) is 7.21. The lowest BCUT2D eigenvalue weighted by Gasteiger charge is -2.11. The van der Waals surface area contributed by atoms with Gasteiger partial charge in [0.25, 0.3) is 0 Å². The summed E-state index contributed by atoms with van der Waals surface area (Å²) in [4.78, 5) is 31.7. The van der Waals surface area contributed by atoms with Crippen molar-refractivity contribution >= 4 is 57.6 Å². The van der Waals surface area contributed by atoms with Crippen LogP contribution in [0, 0.1) is 11.7 Å². The van der Waals surface area contributed by atoms with Crippen LogP contribution in [0.15, 0.2) is 11.1 Å². The summed E-state index contributed by atoms with van der Waals surface area (Å²) in [6.07, 6.45) is -4.01. The van der Waals surface area contributed by atoms with Crippen LogP contribution in [0.25, 0.3) is 0 Å². The van der Waals surface area contributed by atoms with Gasteiger partial charge in [-0.3, -0.25) is 9.59 Å². The molecular formula is C14H8Cl2F4N4O3S. The number of nitrogens with zero attached hydrogens (tertiary/aromatic N) is 4. The van der Waals surface area contributed by atoms with E-state index >= 15 is 0 Å². The van der Waals surface area contributed by atoms with Crippen molar-refractivity contribution in [2.75, 3.05) is 6.61 Å². The Hall–Kier alpha value is -2.18. The summed E-state index contributed by atoms with van der Waals surface area (Å²) in [6.45, 7) is 1.36. The topological polar surface area (TPSA) is 94.4 Å². The number of aromatic nitrogens is 3. The Morgan fingerprint density at radius 1 is 1.32 bits per heavy atom. The molecule has 0 aliphatic rings. The average Bonchev–Trinajstić information content (AvgIpc) is 3.07. The molecule has 2 aromatic rings. The van der Waals surface area contributed by atoms with Crippen LogP contribution in [-0.2, 0) is 15.7 Å². The molecule has 1 unspecified atom stereocenters. The van der Waals surface area contributed by atoms with Crippen molar-refractivity contribution in [3.8, 4) is 0 Å². The van der Waals surface area contributed by atoms with Gasteiger partial charge in [-0.25, -0.2) is 14.4 Å². The zero-order chi connectivity index (χ0) is 21.1. The van der Waals surface area contributed by atoms with Crippen LogP contribution in [-0.4, -0.2) is 39.8 Å². The summed E-state index contributed by atoms with van der Waals surface area (Å²) in [5.41, 5.74) is -0.485. The normalized spacial score (nSPS) is 13.0. The summed E-state index contributed by atoms with van der Waals surface area (Å²) in [5.74, 6) is -4.93. The minimum atomic E-state index is -4.72. The van der Waals surface area contributed by atoms with E-state index in [9.17, 15) is 27.2 Å². The van der Waals surface area contributed by atoms with Gasteiger partial charge in [-0.15, -0.1) is 10.2 Å². The minimum absolute atomic E-state index is 0.0975. The van der Waals surface area contributed by atoms with Crippen molar-refractivity contribution < 1.29 is 31.9 Å². The molecule has 0 spiro atoms. The van der Waals surface area contributed by atoms with Crippen molar-refractivity contribution in [2.24, 2.45) is 10.9 Å². The molecule has 0 aliphatic carbocycles. The lowest BCUT2D eigenvalue weighted by atomic mass is 10.00. The predicted octanol–water partition coefficient (Wildman–Crippen LogP) is 4.16. The number of esters is 1. The van der Waals surface area contributed by atoms with Gasteiger partial charge in [0.15, 0.2) is 22.7 Å². The van der Waals surface area contributed by atoms with Crippen molar-refractivity contribution in [1.82, 2.24) is 15.2 Å². The van der Waals surface area contributed by atoms with Gasteiger partial charge in [0.2, 0.25) is 10.1 Å². The lowest BCUT2D eigenvalue weighted by molar-refractivity contribution is -0.144. The maximum Gasteiger partial charge on any atom is 0.445 e. The fraction of sp³-hybridized carbons (Fsp3) is 0.286. The number of rotatable bonds is 6. The third-order valence-corrected chi connectivity index (χ3v) is 4.40. The maximum absolute atomic E-state index is 13.6. The number of hydrogen-bond acceptors (Lipinski definition) is 8. The Kier molecular flexibility index (Phi) is 7.01. The Bertz CT molecular complexity index is 936. The van der Waals surface area contributed by atoms with Gasteiger partial charge in [-0.05, 0) is 13.0 Å². The zero-order valence-electron chi connectivity index (χ0n) is 13.6. The second-order valence-corrected chi connectivity index (χ2v) is 6.53. The number of pyridine rings is 1. The van der Waals surface area contributed by atoms with Gasteiger partial charge in [-0.1, -0.05) is 34.5 Å². The summed E-state index contributed by atoms with van der Waals surface area (Å²) in [6, 6.07) is 0.673. The van der Waals surface area contributed by atoms with E-state index in [2.05, 4.69) is 20.2 Å². The molecule has 0 amide bonds. The van der Waals surface area contributed by atoms with Gasteiger partial charge in [0, 0.05) is 6.21 Å². The number of carbonyl (C=O) groups is 2. The van der Waals surface area contributed by atoms with E-state index in [1.807, 2.05) is 0 Å². The molecular weight excluding hydrogens is 451 g/mol. The summed E-state index contributed by atoms with van der Waals surface area (Å²) < 4.78 is 56.0. The van der Waals surface area contributed by atoms with Gasteiger partial charge in [0.1, 0.15) is 5.15 Å². The molecule has 0 aromatic carbocycles. The number of ether oxygens (including phenoxy) is 1. The van der Waals surface area contributed by atoms with Crippen LogP contribution >= 0.6 is 34.5 Å². The van der Waals surface area contributed by atoms with Crippen molar-refractivity contribution in [2.45, 2.75) is 13.1 Å². The summed E-state index contributed by atoms with van der Waals surface area (Å²) in [5, 5.41) is 3.34. The molecule has 0 saturated carbocycles. The molecule has 0 fully saturated rings. The average molecular weight is 459 g/mol. The number of carbonyl (C=O) groups excluding carboxylic acids is 2. The fourth-order valence-corrected chi connectivity index (χ4v) is 2.75. The van der Waals surface area contributed by atoms with Crippen molar-refractivity contribution in [3.63, 3.8) is 0 Å². The van der Waals surface area contributed by atoms with E-state index in [4.69, 9.17) is 27.9 Å². The summed E-state index contributed by atoms with van der Waals surface area (Å²) >= 11 is 11.3. The van der Waals surface area contributed by atoms with Crippen LogP contribution in [0.5, 0.6) is 0 Å². The SMILES string of the molecule is CCOC(=O)C(C=Nc1nnc(C(F)(F)F)s1)C(=O)c1cc(F)c(Cl)nc1Cl. The van der Waals surface area contributed by atoms with Crippen molar-refractivity contribution in [1.29, 1.82) is 0 Å². The molecule has 2 aromatic heterocycles. The van der Waals surface area contributed by atoms with E-state index in [-0.39, 0.29) is 17.9 Å². The number of alkyl halides is 3. The van der Waals surface area contributed by atoms with E-state index < -0.39 is 55.7 Å². The molecule has 0 N–H and O–H groups in total. The number of hydrogen-bond donors (Lipinski definition) is 0. The minimum Gasteiger partial charge on any atom is -0.465 e. The molecule has 0 aliphatic heterocycles. The monoisotopic (exact) mass is 458 g/mol. The van der Waals surface area contributed by atoms with Crippen LogP contribution in [0.2, 0.25) is 10.3 Å². The van der Waals surface area contributed by atoms with Gasteiger partial charge in [-0.2, -0.15) is 13.2 Å². The molecule has 2 rings (SSSR count). The molecule has 0 radical (unpaired) electrons. The van der Waals surface area contributed by atoms with Crippen LogP contribution < -0.4 is 0 Å². The quantitative estimate of drug-likeness (QED) is 0.161. The van der Waals surface area contributed by atoms with E-state index in [1.54, 1.807) is 0 Å². The standard InChI is InChI=1S/C14H8Cl2F4N4O3S/c1-2-27-11(26)6(4-21-13-24-23-12(28-13)14(18,19)20)8(25)5-3-7(17)10(16)22-9(5)15/h3-4,6H,2H2,1H3. The smallest absolute Gasteiger partial charge is 0.445 e. The van der Waals surface area contributed by atoms with Crippen LogP contribution in [0.1, 0.15) is 22.3 Å². The molecule has 7 nitrogen and oxygen atoms in total. The zero-order valence-corrected chi connectivity index (χ0v) is 16.0. The highest BCUT2D eigenvalue weighted by atomic mass is 35.5. The molecule has 2 heterocycles. The molecule has 0 bridgehead atoms. The van der Waals surface area contributed by atoms with Crippen LogP contribution in [0.3, 0.4) is 0 Å². The largest absolute Gasteiger partial charge is 0.465 e. The van der Waals surface area contributed by atoms with E-state index in [1.165, 1.54) is 6.92 Å². The Morgan fingerprint density at radius 3 is 2.57 bits per heavy atom. The number of Topliss-reactive ketones (excluding diaryl/α,β-unsaturated/α-hetero) is 1. The third-order valence-electron chi connectivity index (χ3n) is 2.97. The highest BCUT2D eigenvalue weighted by Gasteiger charge is 2.36. The fourth-order valence-electron chi connectivity index (χ4n) is 1.77. The molecule has 28 heavy (non-hydrogen) atoms. The third kappa shape index (κ3) is 5.20. The molecule has 150 valence electrons. The predicted molar refractivity (Wildman–Crippen MR) is 91.7 cm³/mol. The van der Waals surface area contributed by atoms with E-state index in [0.29, 0.717) is 12.3 Å². The Labute approximate surface area is 168 Å². The first-order chi connectivity index (χ1) is 13.0. The van der Waals surface area contributed by atoms with Gasteiger partial charge >= 0.3 is 12.1 Å². The highest BCUT2D eigenvalue weighted by molar-refractivity contribution is 7.15. The Balaban J connectivity index is 2.37. The lowest BCUT2D eigenvalue weighted by Crippen LogP contribution is -2.28. The maximum atomic E-state index is 13.6. The van der Waals surface area contributed by atoms with Crippen molar-refractivity contribution in [3.05, 3.63) is 32.8 Å². The highest BCUT2D eigenvalue weighted by Crippen LogP contribution is 2.34. The second kappa shape index (κ2) is 8.88. The number of halogens is 6. The van der Waals surface area contributed by atoms with Gasteiger partial charge < -0.3 is 4.74 Å². The van der Waals surface area contributed by atoms with Crippen LogP contribution in [0.4, 0.5) is 22.7 Å². The van der Waals surface area contributed by atoms with Gasteiger partial charge in [0.05, 0.1) is 12.2 Å². The number of ketones is 1. The summed E-state index contributed by atoms with van der Waals surface area (Å²) in [7, 11) is 0. The second-order valence-electron chi connectivity index (χ2n) is 4.86. The first-order valence-corrected chi connectivity index (χ1v) is 8.79. The Morgan fingerprint density at radius 2 is 2.00 bits per heavy atom. The van der Waals surface area contributed by atoms with E-state index in [0.717, 1.165) is 0 Å². The first kappa shape index (κ1) is 22.1.